The van der Waals surface area contributed by atoms with Crippen LogP contribution in [0.1, 0.15) is 30.8 Å². The fraction of sp³-hybridized carbons (Fsp3) is 0.538. The van der Waals surface area contributed by atoms with E-state index in [0.717, 1.165) is 13.0 Å². The molecule has 1 amide bonds. The predicted molar refractivity (Wildman–Crippen MR) is 71.7 cm³/mol. The number of hydrogen-bond donors (Lipinski definition) is 2. The van der Waals surface area contributed by atoms with Gasteiger partial charge in [-0.3, -0.25) is 4.79 Å². The number of carbonyl (C=O) groups excluding carboxylic acids is 1. The summed E-state index contributed by atoms with van der Waals surface area (Å²) in [5.74, 6) is 0.518. The summed E-state index contributed by atoms with van der Waals surface area (Å²) in [5.41, 5.74) is 0.388. The molecule has 0 bridgehead atoms. The first-order valence-corrected chi connectivity index (χ1v) is 6.19. The van der Waals surface area contributed by atoms with E-state index in [0.29, 0.717) is 18.1 Å². The second-order valence-electron chi connectivity index (χ2n) is 4.37. The lowest BCUT2D eigenvalue weighted by Crippen LogP contribution is -2.33. The average molecular weight is 251 g/mol. The molecule has 1 unspecified atom stereocenters. The molecule has 5 heteroatoms. The average Bonchev–Trinajstić information content (AvgIpc) is 2.35. The molecule has 1 aromatic heterocycles. The first-order valence-electron chi connectivity index (χ1n) is 6.19. The topological polar surface area (TPSA) is 65.5 Å². The molecule has 1 rings (SSSR count). The van der Waals surface area contributed by atoms with Gasteiger partial charge in [0.2, 0.25) is 0 Å². The molecular formula is C13H21N3O2. The van der Waals surface area contributed by atoms with Gasteiger partial charge in [-0.1, -0.05) is 13.0 Å². The SMILES string of the molecule is CCCNc1cccc(C(=O)N(C)CC(C)O)n1. The minimum absolute atomic E-state index is 0.184. The van der Waals surface area contributed by atoms with Crippen molar-refractivity contribution >= 4 is 11.7 Å². The Bertz CT molecular complexity index is 394. The van der Waals surface area contributed by atoms with Gasteiger partial charge in [0.05, 0.1) is 6.10 Å². The number of nitrogens with zero attached hydrogens (tertiary/aromatic N) is 2. The van der Waals surface area contributed by atoms with Gasteiger partial charge in [0.15, 0.2) is 0 Å². The summed E-state index contributed by atoms with van der Waals surface area (Å²) in [7, 11) is 1.66. The monoisotopic (exact) mass is 251 g/mol. The molecule has 0 aromatic carbocycles. The molecule has 0 aliphatic carbocycles. The summed E-state index contributed by atoms with van der Waals surface area (Å²) in [5, 5.41) is 12.4. The lowest BCUT2D eigenvalue weighted by molar-refractivity contribution is 0.0698. The molecule has 18 heavy (non-hydrogen) atoms. The van der Waals surface area contributed by atoms with E-state index < -0.39 is 6.10 Å². The van der Waals surface area contributed by atoms with Crippen molar-refractivity contribution in [3.63, 3.8) is 0 Å². The Balaban J connectivity index is 2.73. The second-order valence-corrected chi connectivity index (χ2v) is 4.37. The molecule has 0 aliphatic heterocycles. The normalized spacial score (nSPS) is 12.0. The van der Waals surface area contributed by atoms with Gasteiger partial charge in [0.1, 0.15) is 11.5 Å². The number of nitrogens with one attached hydrogen (secondary N) is 1. The quantitative estimate of drug-likeness (QED) is 0.801. The number of pyridine rings is 1. The number of rotatable bonds is 6. The highest BCUT2D eigenvalue weighted by Gasteiger charge is 2.14. The van der Waals surface area contributed by atoms with Gasteiger partial charge in [0.25, 0.3) is 5.91 Å². The number of hydrogen-bond acceptors (Lipinski definition) is 4. The lowest BCUT2D eigenvalue weighted by Gasteiger charge is -2.18. The maximum Gasteiger partial charge on any atom is 0.272 e. The largest absolute Gasteiger partial charge is 0.392 e. The Kier molecular flexibility index (Phi) is 5.58. The number of amides is 1. The third-order valence-electron chi connectivity index (χ3n) is 2.41. The van der Waals surface area contributed by atoms with Crippen LogP contribution in [0.5, 0.6) is 0 Å². The Morgan fingerprint density at radius 2 is 2.28 bits per heavy atom. The smallest absolute Gasteiger partial charge is 0.272 e. The summed E-state index contributed by atoms with van der Waals surface area (Å²) in [4.78, 5) is 17.8. The van der Waals surface area contributed by atoms with Crippen LogP contribution in [0, 0.1) is 0 Å². The lowest BCUT2D eigenvalue weighted by atomic mass is 10.3. The van der Waals surface area contributed by atoms with Crippen LogP contribution in [-0.4, -0.2) is 47.1 Å². The molecule has 0 saturated carbocycles. The minimum Gasteiger partial charge on any atom is -0.392 e. The number of aromatic nitrogens is 1. The van der Waals surface area contributed by atoms with Crippen LogP contribution in [-0.2, 0) is 0 Å². The number of anilines is 1. The maximum absolute atomic E-state index is 12.0. The zero-order valence-electron chi connectivity index (χ0n) is 11.2. The van der Waals surface area contributed by atoms with Crippen molar-refractivity contribution in [2.45, 2.75) is 26.4 Å². The highest BCUT2D eigenvalue weighted by atomic mass is 16.3. The van der Waals surface area contributed by atoms with Crippen LogP contribution in [0.3, 0.4) is 0 Å². The van der Waals surface area contributed by atoms with Crippen molar-refractivity contribution in [3.05, 3.63) is 23.9 Å². The van der Waals surface area contributed by atoms with Crippen LogP contribution in [0.4, 0.5) is 5.82 Å². The van der Waals surface area contributed by atoms with Gasteiger partial charge in [0, 0.05) is 20.1 Å². The molecule has 1 atom stereocenters. The van der Waals surface area contributed by atoms with E-state index in [1.54, 1.807) is 26.1 Å². The van der Waals surface area contributed by atoms with Crippen molar-refractivity contribution in [1.29, 1.82) is 0 Å². The van der Waals surface area contributed by atoms with E-state index in [9.17, 15) is 9.90 Å². The maximum atomic E-state index is 12.0. The third kappa shape index (κ3) is 4.33. The van der Waals surface area contributed by atoms with Gasteiger partial charge in [-0.25, -0.2) is 4.98 Å². The van der Waals surface area contributed by atoms with Gasteiger partial charge >= 0.3 is 0 Å². The summed E-state index contributed by atoms with van der Waals surface area (Å²) in [6, 6.07) is 5.31. The molecule has 0 spiro atoms. The highest BCUT2D eigenvalue weighted by molar-refractivity contribution is 5.92. The summed E-state index contributed by atoms with van der Waals surface area (Å²) in [6.07, 6.45) is 0.460. The van der Waals surface area contributed by atoms with Crippen molar-refractivity contribution < 1.29 is 9.90 Å². The number of likely N-dealkylation sites (N-methyl/N-ethyl adjacent to an activating group) is 1. The first-order chi connectivity index (χ1) is 8.54. The van der Waals surface area contributed by atoms with Crippen LogP contribution in [0.2, 0.25) is 0 Å². The fourth-order valence-corrected chi connectivity index (χ4v) is 1.58. The molecular weight excluding hydrogens is 230 g/mol. The van der Waals surface area contributed by atoms with Crippen molar-refractivity contribution in [1.82, 2.24) is 9.88 Å². The minimum atomic E-state index is -0.541. The number of aliphatic hydroxyl groups is 1. The summed E-state index contributed by atoms with van der Waals surface area (Å²) >= 11 is 0. The van der Waals surface area contributed by atoms with Gasteiger partial charge in [-0.05, 0) is 25.5 Å². The van der Waals surface area contributed by atoms with Crippen molar-refractivity contribution in [2.75, 3.05) is 25.5 Å². The standard InChI is InChI=1S/C13H21N3O2/c1-4-8-14-12-7-5-6-11(15-12)13(18)16(3)9-10(2)17/h5-7,10,17H,4,8-9H2,1-3H3,(H,14,15). The van der Waals surface area contributed by atoms with E-state index in [1.807, 2.05) is 6.07 Å². The second kappa shape index (κ2) is 6.96. The summed E-state index contributed by atoms with van der Waals surface area (Å²) < 4.78 is 0. The van der Waals surface area contributed by atoms with E-state index in [2.05, 4.69) is 17.2 Å². The fourth-order valence-electron chi connectivity index (χ4n) is 1.58. The zero-order valence-corrected chi connectivity index (χ0v) is 11.2. The van der Waals surface area contributed by atoms with Crippen molar-refractivity contribution in [2.24, 2.45) is 0 Å². The van der Waals surface area contributed by atoms with Gasteiger partial charge < -0.3 is 15.3 Å². The number of aliphatic hydroxyl groups excluding tert-OH is 1. The Morgan fingerprint density at radius 1 is 1.56 bits per heavy atom. The molecule has 0 radical (unpaired) electrons. The van der Waals surface area contributed by atoms with Gasteiger partial charge in [-0.15, -0.1) is 0 Å². The zero-order chi connectivity index (χ0) is 13.5. The van der Waals surface area contributed by atoms with E-state index in [4.69, 9.17) is 0 Å². The van der Waals surface area contributed by atoms with Crippen LogP contribution < -0.4 is 5.32 Å². The van der Waals surface area contributed by atoms with Crippen LogP contribution >= 0.6 is 0 Å². The van der Waals surface area contributed by atoms with Gasteiger partial charge in [-0.2, -0.15) is 0 Å². The Hall–Kier alpha value is -1.62. The number of carbonyl (C=O) groups is 1. The van der Waals surface area contributed by atoms with Crippen LogP contribution in [0.25, 0.3) is 0 Å². The molecule has 5 nitrogen and oxygen atoms in total. The molecule has 0 fully saturated rings. The molecule has 0 saturated heterocycles. The molecule has 1 heterocycles. The molecule has 1 aromatic rings. The van der Waals surface area contributed by atoms with E-state index in [-0.39, 0.29) is 5.91 Å². The van der Waals surface area contributed by atoms with E-state index >= 15 is 0 Å². The van der Waals surface area contributed by atoms with Crippen molar-refractivity contribution in [3.8, 4) is 0 Å². The third-order valence-corrected chi connectivity index (χ3v) is 2.41. The molecule has 0 aliphatic rings. The van der Waals surface area contributed by atoms with Crippen LogP contribution in [0.15, 0.2) is 18.2 Å². The van der Waals surface area contributed by atoms with E-state index in [1.165, 1.54) is 4.90 Å². The molecule has 100 valence electrons. The molecule has 2 N–H and O–H groups in total. The summed E-state index contributed by atoms with van der Waals surface area (Å²) in [6.45, 7) is 4.84. The Labute approximate surface area is 108 Å². The first kappa shape index (κ1) is 14.4. The highest BCUT2D eigenvalue weighted by Crippen LogP contribution is 2.07. The Morgan fingerprint density at radius 3 is 2.89 bits per heavy atom. The predicted octanol–water partition coefficient (Wildman–Crippen LogP) is 1.36.